The molecule has 2 N–H and O–H groups in total. The third-order valence-corrected chi connectivity index (χ3v) is 5.72. The van der Waals surface area contributed by atoms with Crippen molar-refractivity contribution in [2.45, 2.75) is 25.9 Å². The molecule has 1 amide bonds. The molecule has 0 bridgehead atoms. The molecule has 0 aliphatic carbocycles. The van der Waals surface area contributed by atoms with Crippen molar-refractivity contribution in [3.8, 4) is 0 Å². The van der Waals surface area contributed by atoms with E-state index in [9.17, 15) is 9.90 Å². The lowest BCUT2D eigenvalue weighted by Gasteiger charge is -2.38. The maximum absolute atomic E-state index is 12.6. The van der Waals surface area contributed by atoms with Gasteiger partial charge < -0.3 is 20.0 Å². The lowest BCUT2D eigenvalue weighted by atomic mass is 9.91. The van der Waals surface area contributed by atoms with Gasteiger partial charge in [-0.25, -0.2) is 0 Å². The van der Waals surface area contributed by atoms with Gasteiger partial charge in [0.2, 0.25) is 5.91 Å². The van der Waals surface area contributed by atoms with Crippen LogP contribution in [0.15, 0.2) is 24.3 Å². The van der Waals surface area contributed by atoms with Crippen LogP contribution in [0.2, 0.25) is 0 Å². The van der Waals surface area contributed by atoms with Gasteiger partial charge in [-0.05, 0) is 43.4 Å². The van der Waals surface area contributed by atoms with E-state index in [1.807, 2.05) is 4.90 Å². The van der Waals surface area contributed by atoms with E-state index in [0.29, 0.717) is 19.6 Å². The molecule has 0 saturated carbocycles. The van der Waals surface area contributed by atoms with E-state index in [1.54, 1.807) is 0 Å². The van der Waals surface area contributed by atoms with Crippen LogP contribution in [0.25, 0.3) is 0 Å². The van der Waals surface area contributed by atoms with Crippen LogP contribution >= 0.6 is 0 Å². The number of amides is 1. The van der Waals surface area contributed by atoms with Gasteiger partial charge in [0, 0.05) is 45.0 Å². The summed E-state index contributed by atoms with van der Waals surface area (Å²) in [4.78, 5) is 19.1. The molecule has 2 fully saturated rings. The van der Waals surface area contributed by atoms with Crippen molar-refractivity contribution in [3.63, 3.8) is 0 Å². The van der Waals surface area contributed by atoms with Gasteiger partial charge in [-0.15, -0.1) is 0 Å². The number of piperidine rings is 1. The highest BCUT2D eigenvalue weighted by atomic mass is 16.3. The number of nitrogens with zero attached hydrogens (tertiary/aromatic N) is 3. The Labute approximate surface area is 156 Å². The maximum atomic E-state index is 12.6. The number of aliphatic hydroxyl groups is 2. The number of piperazine rings is 1. The van der Waals surface area contributed by atoms with E-state index < -0.39 is 6.10 Å². The van der Waals surface area contributed by atoms with Gasteiger partial charge in [0.05, 0.1) is 19.3 Å². The summed E-state index contributed by atoms with van der Waals surface area (Å²) in [5.74, 6) is 0.299. The van der Waals surface area contributed by atoms with Gasteiger partial charge in [0.25, 0.3) is 0 Å². The zero-order valence-electron chi connectivity index (χ0n) is 15.7. The molecule has 1 aromatic rings. The zero-order chi connectivity index (χ0) is 18.5. The monoisotopic (exact) mass is 361 g/mol. The van der Waals surface area contributed by atoms with Crippen LogP contribution in [0.4, 0.5) is 5.69 Å². The van der Waals surface area contributed by atoms with Crippen LogP contribution in [-0.4, -0.2) is 84.4 Å². The molecule has 1 unspecified atom stereocenters. The first-order chi connectivity index (χ1) is 12.6. The highest BCUT2D eigenvalue weighted by Crippen LogP contribution is 2.21. The summed E-state index contributed by atoms with van der Waals surface area (Å²) in [5, 5.41) is 18.8. The molecule has 1 atom stereocenters. The minimum absolute atomic E-state index is 0.113. The second-order valence-corrected chi connectivity index (χ2v) is 7.57. The summed E-state index contributed by atoms with van der Waals surface area (Å²) in [6.07, 6.45) is 0.894. The number of rotatable bonds is 5. The molecule has 2 saturated heterocycles. The smallest absolute Gasteiger partial charge is 0.236 e. The number of hydrogen-bond acceptors (Lipinski definition) is 5. The van der Waals surface area contributed by atoms with E-state index in [4.69, 9.17) is 5.11 Å². The molecule has 6 nitrogen and oxygen atoms in total. The first-order valence-corrected chi connectivity index (χ1v) is 9.67. The van der Waals surface area contributed by atoms with Crippen LogP contribution in [0, 0.1) is 12.8 Å². The quantitative estimate of drug-likeness (QED) is 0.809. The topological polar surface area (TPSA) is 67.2 Å². The molecular weight excluding hydrogens is 330 g/mol. The number of likely N-dealkylation sites (tertiary alicyclic amines) is 1. The lowest BCUT2D eigenvalue weighted by molar-refractivity contribution is -0.134. The Balaban J connectivity index is 1.42. The Bertz CT molecular complexity index is 594. The van der Waals surface area contributed by atoms with Crippen molar-refractivity contribution in [2.75, 3.05) is 57.3 Å². The van der Waals surface area contributed by atoms with Gasteiger partial charge in [-0.1, -0.05) is 12.1 Å². The fraction of sp³-hybridized carbons (Fsp3) is 0.650. The third-order valence-electron chi connectivity index (χ3n) is 5.72. The summed E-state index contributed by atoms with van der Waals surface area (Å²) in [6, 6.07) is 8.57. The fourth-order valence-corrected chi connectivity index (χ4v) is 3.96. The van der Waals surface area contributed by atoms with Gasteiger partial charge in [-0.3, -0.25) is 9.69 Å². The summed E-state index contributed by atoms with van der Waals surface area (Å²) >= 11 is 0. The predicted octanol–water partition coefficient (Wildman–Crippen LogP) is 0.709. The Morgan fingerprint density at radius 3 is 2.46 bits per heavy atom. The second-order valence-electron chi connectivity index (χ2n) is 7.57. The molecule has 144 valence electrons. The minimum atomic E-state index is -0.651. The number of carbonyl (C=O) groups is 1. The van der Waals surface area contributed by atoms with Crippen molar-refractivity contribution in [1.82, 2.24) is 9.80 Å². The normalized spacial score (nSPS) is 21.0. The Morgan fingerprint density at radius 2 is 1.85 bits per heavy atom. The largest absolute Gasteiger partial charge is 0.394 e. The average molecular weight is 361 g/mol. The van der Waals surface area contributed by atoms with Gasteiger partial charge in [0.15, 0.2) is 0 Å². The first kappa shape index (κ1) is 19.1. The van der Waals surface area contributed by atoms with Gasteiger partial charge in [-0.2, -0.15) is 0 Å². The number of carbonyl (C=O) groups excluding carboxylic acids is 1. The number of aliphatic hydroxyl groups excluding tert-OH is 2. The Hall–Kier alpha value is -1.63. The molecule has 2 aliphatic rings. The molecule has 1 aromatic carbocycles. The van der Waals surface area contributed by atoms with Crippen molar-refractivity contribution in [3.05, 3.63) is 29.8 Å². The number of benzene rings is 1. The van der Waals surface area contributed by atoms with E-state index in [0.717, 1.165) is 39.0 Å². The summed E-state index contributed by atoms with van der Waals surface area (Å²) in [5.41, 5.74) is 2.54. The second kappa shape index (κ2) is 8.84. The molecule has 6 heteroatoms. The highest BCUT2D eigenvalue weighted by molar-refractivity contribution is 5.78. The van der Waals surface area contributed by atoms with E-state index in [-0.39, 0.29) is 18.4 Å². The van der Waals surface area contributed by atoms with Crippen LogP contribution < -0.4 is 4.90 Å². The Morgan fingerprint density at radius 1 is 1.15 bits per heavy atom. The molecular formula is C20H31N3O3. The van der Waals surface area contributed by atoms with Crippen LogP contribution in [0.3, 0.4) is 0 Å². The van der Waals surface area contributed by atoms with Crippen molar-refractivity contribution < 1.29 is 15.0 Å². The Kier molecular flexibility index (Phi) is 6.51. The summed E-state index contributed by atoms with van der Waals surface area (Å²) in [6.45, 7) is 7.47. The van der Waals surface area contributed by atoms with Crippen LogP contribution in [0.5, 0.6) is 0 Å². The van der Waals surface area contributed by atoms with Crippen molar-refractivity contribution in [2.24, 2.45) is 5.92 Å². The molecule has 0 spiro atoms. The predicted molar refractivity (Wildman–Crippen MR) is 102 cm³/mol. The summed E-state index contributed by atoms with van der Waals surface area (Å²) < 4.78 is 0. The SMILES string of the molecule is Cc1cccc(N2CCN(CC(=O)N3CCC(C(O)CO)CC3)CC2)c1. The minimum Gasteiger partial charge on any atom is -0.394 e. The van der Waals surface area contributed by atoms with E-state index in [1.165, 1.54) is 11.3 Å². The number of anilines is 1. The van der Waals surface area contributed by atoms with E-state index >= 15 is 0 Å². The molecule has 2 aliphatic heterocycles. The maximum Gasteiger partial charge on any atom is 0.236 e. The average Bonchev–Trinajstić information content (AvgIpc) is 2.68. The number of hydrogen-bond donors (Lipinski definition) is 2. The van der Waals surface area contributed by atoms with Crippen molar-refractivity contribution in [1.29, 1.82) is 0 Å². The van der Waals surface area contributed by atoms with Crippen LogP contribution in [-0.2, 0) is 4.79 Å². The molecule has 3 rings (SSSR count). The summed E-state index contributed by atoms with van der Waals surface area (Å²) in [7, 11) is 0. The molecule has 26 heavy (non-hydrogen) atoms. The molecule has 0 radical (unpaired) electrons. The standard InChI is InChI=1S/C20H31N3O3/c1-16-3-2-4-18(13-16)22-11-9-21(10-12-22)14-20(26)23-7-5-17(6-8-23)19(25)15-24/h2-4,13,17,19,24-25H,5-12,14-15H2,1H3. The highest BCUT2D eigenvalue weighted by Gasteiger charge is 2.28. The first-order valence-electron chi connectivity index (χ1n) is 9.67. The lowest BCUT2D eigenvalue weighted by Crippen LogP contribution is -2.51. The molecule has 0 aromatic heterocycles. The van der Waals surface area contributed by atoms with Gasteiger partial charge in [0.1, 0.15) is 0 Å². The third kappa shape index (κ3) is 4.75. The molecule has 2 heterocycles. The fourth-order valence-electron chi connectivity index (χ4n) is 3.96. The van der Waals surface area contributed by atoms with Crippen LogP contribution in [0.1, 0.15) is 18.4 Å². The van der Waals surface area contributed by atoms with Crippen molar-refractivity contribution >= 4 is 11.6 Å². The van der Waals surface area contributed by atoms with E-state index in [2.05, 4.69) is 41.0 Å². The zero-order valence-corrected chi connectivity index (χ0v) is 15.7. The van der Waals surface area contributed by atoms with Gasteiger partial charge >= 0.3 is 0 Å². The number of aryl methyl sites for hydroxylation is 1.